The van der Waals surface area contributed by atoms with Crippen LogP contribution in [0.3, 0.4) is 0 Å². The van der Waals surface area contributed by atoms with E-state index in [0.29, 0.717) is 6.61 Å². The van der Waals surface area contributed by atoms with E-state index in [2.05, 4.69) is 6.92 Å². The van der Waals surface area contributed by atoms with E-state index in [0.717, 1.165) is 12.8 Å². The van der Waals surface area contributed by atoms with Crippen molar-refractivity contribution >= 4 is 6.09 Å². The Morgan fingerprint density at radius 2 is 1.14 bits per heavy atom. The van der Waals surface area contributed by atoms with Crippen molar-refractivity contribution in [3.63, 3.8) is 0 Å². The second-order valence-corrected chi connectivity index (χ2v) is 5.88. The lowest BCUT2D eigenvalue weighted by molar-refractivity contribution is 0.144. The van der Waals surface area contributed by atoms with E-state index < -0.39 is 6.09 Å². The maximum absolute atomic E-state index is 10.7. The Kier molecular flexibility index (Phi) is 16.6. The minimum atomic E-state index is -0.537. The van der Waals surface area contributed by atoms with Crippen molar-refractivity contribution in [2.45, 2.75) is 96.8 Å². The highest BCUT2D eigenvalue weighted by molar-refractivity contribution is 5.66. The van der Waals surface area contributed by atoms with Gasteiger partial charge < -0.3 is 4.74 Å². The van der Waals surface area contributed by atoms with E-state index in [9.17, 15) is 4.79 Å². The van der Waals surface area contributed by atoms with Gasteiger partial charge in [-0.2, -0.15) is 0 Å². The Bertz CT molecular complexity index is 223. The number of nitrogens with two attached hydrogens (primary N) is 1. The zero-order chi connectivity index (χ0) is 15.6. The Balaban J connectivity index is 2.98. The van der Waals surface area contributed by atoms with E-state index in [1.54, 1.807) is 0 Å². The summed E-state index contributed by atoms with van der Waals surface area (Å²) in [6.07, 6.45) is 18.1. The fraction of sp³-hybridized carbons (Fsp3) is 0.941. The summed E-state index contributed by atoms with van der Waals surface area (Å²) in [5, 5.41) is 0. The van der Waals surface area contributed by atoms with E-state index in [1.165, 1.54) is 77.0 Å². The van der Waals surface area contributed by atoms with Gasteiger partial charge in [0.1, 0.15) is 0 Å². The van der Waals surface area contributed by atoms with Crippen molar-refractivity contribution in [1.29, 1.82) is 0 Å². The highest BCUT2D eigenvalue weighted by Crippen LogP contribution is 2.12. The van der Waals surface area contributed by atoms with Gasteiger partial charge in [0.2, 0.25) is 0 Å². The third-order valence-corrected chi connectivity index (χ3v) is 3.85. The maximum atomic E-state index is 10.7. The Morgan fingerprint density at radius 3 is 1.52 bits per heavy atom. The van der Waals surface area contributed by atoms with Crippen molar-refractivity contribution in [3.8, 4) is 0 Å². The second-order valence-electron chi connectivity index (χ2n) is 5.88. The Labute approximate surface area is 131 Å². The standard InChI is InChI=1S/C17H36N2O2/c1-2-3-4-5-6-7-8-9-10-11-12-13-14-15-16-21-17(20)19-18/h2-16,18H2,1H3,(H,19,20). The van der Waals surface area contributed by atoms with Crippen LogP contribution < -0.4 is 11.3 Å². The monoisotopic (exact) mass is 300 g/mol. The number of hydrazine groups is 1. The molecule has 0 rings (SSSR count). The quantitative estimate of drug-likeness (QED) is 0.192. The van der Waals surface area contributed by atoms with Gasteiger partial charge in [-0.1, -0.05) is 90.4 Å². The first-order valence-corrected chi connectivity index (χ1v) is 8.94. The maximum Gasteiger partial charge on any atom is 0.421 e. The van der Waals surface area contributed by atoms with Crippen LogP contribution in [-0.4, -0.2) is 12.7 Å². The van der Waals surface area contributed by atoms with Crippen LogP contribution in [0.4, 0.5) is 4.79 Å². The van der Waals surface area contributed by atoms with Crippen LogP contribution in [0.15, 0.2) is 0 Å². The van der Waals surface area contributed by atoms with Gasteiger partial charge in [-0.15, -0.1) is 0 Å². The number of nitrogens with one attached hydrogen (secondary N) is 1. The van der Waals surface area contributed by atoms with Crippen LogP contribution in [-0.2, 0) is 4.74 Å². The van der Waals surface area contributed by atoms with Gasteiger partial charge in [-0.25, -0.2) is 10.6 Å². The molecule has 4 nitrogen and oxygen atoms in total. The van der Waals surface area contributed by atoms with Crippen LogP contribution >= 0.6 is 0 Å². The van der Waals surface area contributed by atoms with Crippen molar-refractivity contribution in [2.24, 2.45) is 5.84 Å². The molecule has 0 aromatic rings. The summed E-state index contributed by atoms with van der Waals surface area (Å²) in [7, 11) is 0. The number of hydrogen-bond acceptors (Lipinski definition) is 3. The molecule has 3 N–H and O–H groups in total. The largest absolute Gasteiger partial charge is 0.449 e. The molecule has 0 saturated carbocycles. The first kappa shape index (κ1) is 20.2. The molecule has 0 spiro atoms. The molecule has 0 radical (unpaired) electrons. The van der Waals surface area contributed by atoms with Crippen LogP contribution in [0.25, 0.3) is 0 Å². The Hall–Kier alpha value is -0.770. The second kappa shape index (κ2) is 17.3. The van der Waals surface area contributed by atoms with Crippen molar-refractivity contribution < 1.29 is 9.53 Å². The third-order valence-electron chi connectivity index (χ3n) is 3.85. The molecule has 0 heterocycles. The van der Waals surface area contributed by atoms with Gasteiger partial charge in [0.05, 0.1) is 6.61 Å². The number of carbonyl (C=O) groups excluding carboxylic acids is 1. The van der Waals surface area contributed by atoms with Gasteiger partial charge in [-0.3, -0.25) is 5.43 Å². The summed E-state index contributed by atoms with van der Waals surface area (Å²) in [6, 6.07) is 0. The lowest BCUT2D eigenvalue weighted by atomic mass is 10.0. The molecular weight excluding hydrogens is 264 g/mol. The molecule has 0 aromatic heterocycles. The van der Waals surface area contributed by atoms with Gasteiger partial charge in [-0.05, 0) is 6.42 Å². The average molecular weight is 300 g/mol. The zero-order valence-corrected chi connectivity index (χ0v) is 14.0. The predicted octanol–water partition coefficient (Wildman–Crippen LogP) is 5.07. The van der Waals surface area contributed by atoms with Gasteiger partial charge in [0.25, 0.3) is 0 Å². The summed E-state index contributed by atoms with van der Waals surface area (Å²) in [5.74, 6) is 4.91. The van der Waals surface area contributed by atoms with Crippen molar-refractivity contribution in [2.75, 3.05) is 6.61 Å². The Morgan fingerprint density at radius 1 is 0.762 bits per heavy atom. The molecule has 0 atom stereocenters. The predicted molar refractivity (Wildman–Crippen MR) is 89.0 cm³/mol. The molecule has 21 heavy (non-hydrogen) atoms. The van der Waals surface area contributed by atoms with E-state index in [1.807, 2.05) is 5.43 Å². The van der Waals surface area contributed by atoms with Crippen molar-refractivity contribution in [1.82, 2.24) is 5.43 Å². The molecule has 0 aliphatic rings. The number of amides is 1. The SMILES string of the molecule is CCCCCCCCCCCCCCCCOC(=O)NN. The number of hydrogen-bond donors (Lipinski definition) is 2. The molecule has 0 bridgehead atoms. The zero-order valence-electron chi connectivity index (χ0n) is 14.0. The summed E-state index contributed by atoms with van der Waals surface area (Å²) >= 11 is 0. The first-order chi connectivity index (χ1) is 10.3. The highest BCUT2D eigenvalue weighted by Gasteiger charge is 1.97. The molecule has 0 fully saturated rings. The summed E-state index contributed by atoms with van der Waals surface area (Å²) in [5.41, 5.74) is 1.95. The lowest BCUT2D eigenvalue weighted by Gasteiger charge is -2.04. The summed E-state index contributed by atoms with van der Waals surface area (Å²) in [6.45, 7) is 2.74. The van der Waals surface area contributed by atoms with Gasteiger partial charge in [0, 0.05) is 0 Å². The van der Waals surface area contributed by atoms with E-state index >= 15 is 0 Å². The fourth-order valence-corrected chi connectivity index (χ4v) is 2.50. The molecule has 0 aromatic carbocycles. The van der Waals surface area contributed by atoms with Crippen LogP contribution in [0.2, 0.25) is 0 Å². The topological polar surface area (TPSA) is 64.3 Å². The number of ether oxygens (including phenoxy) is 1. The van der Waals surface area contributed by atoms with Crippen LogP contribution in [0, 0.1) is 0 Å². The van der Waals surface area contributed by atoms with Crippen LogP contribution in [0.1, 0.15) is 96.8 Å². The molecule has 126 valence electrons. The van der Waals surface area contributed by atoms with Gasteiger partial charge in [0.15, 0.2) is 0 Å². The lowest BCUT2D eigenvalue weighted by Crippen LogP contribution is -2.30. The summed E-state index contributed by atoms with van der Waals surface area (Å²) in [4.78, 5) is 10.7. The van der Waals surface area contributed by atoms with Crippen LogP contribution in [0.5, 0.6) is 0 Å². The number of carbonyl (C=O) groups is 1. The molecule has 1 amide bonds. The van der Waals surface area contributed by atoms with Gasteiger partial charge >= 0.3 is 6.09 Å². The number of unbranched alkanes of at least 4 members (excludes halogenated alkanes) is 13. The summed E-state index contributed by atoms with van der Waals surface area (Å²) < 4.78 is 4.82. The van der Waals surface area contributed by atoms with E-state index in [4.69, 9.17) is 10.6 Å². The fourth-order valence-electron chi connectivity index (χ4n) is 2.50. The smallest absolute Gasteiger partial charge is 0.421 e. The first-order valence-electron chi connectivity index (χ1n) is 8.94. The molecular formula is C17H36N2O2. The molecule has 0 aliphatic carbocycles. The molecule has 0 unspecified atom stereocenters. The van der Waals surface area contributed by atoms with E-state index in [-0.39, 0.29) is 0 Å². The molecule has 4 heteroatoms. The minimum absolute atomic E-state index is 0.473. The normalized spacial score (nSPS) is 10.6. The molecule has 0 aliphatic heterocycles. The molecule has 0 saturated heterocycles. The third kappa shape index (κ3) is 17.2. The number of rotatable bonds is 15. The highest BCUT2D eigenvalue weighted by atomic mass is 16.5. The van der Waals surface area contributed by atoms with Crippen molar-refractivity contribution in [3.05, 3.63) is 0 Å². The minimum Gasteiger partial charge on any atom is -0.449 e. The average Bonchev–Trinajstić information content (AvgIpc) is 2.50.